The first kappa shape index (κ1) is 30.6. The molecule has 196 valence electrons. The minimum Gasteiger partial charge on any atom is -0.477 e. The lowest BCUT2D eigenvalue weighted by atomic mass is 10.0. The average Bonchev–Trinajstić information content (AvgIpc) is 3.19. The van der Waals surface area contributed by atoms with Crippen molar-refractivity contribution < 1.29 is 14.4 Å². The van der Waals surface area contributed by atoms with Crippen molar-refractivity contribution in [2.24, 2.45) is 10.7 Å². The molecule has 1 rings (SSSR count). The van der Waals surface area contributed by atoms with Crippen LogP contribution in [0, 0.1) is 0 Å². The number of nitrogens with zero attached hydrogens (tertiary/aromatic N) is 2. The highest BCUT2D eigenvalue weighted by Crippen LogP contribution is 2.19. The predicted molar refractivity (Wildman–Crippen MR) is 146 cm³/mol. The monoisotopic (exact) mass is 476 g/mol. The van der Waals surface area contributed by atoms with E-state index in [2.05, 4.69) is 24.1 Å². The summed E-state index contributed by atoms with van der Waals surface area (Å²) in [4.78, 5) is 15.7. The lowest BCUT2D eigenvalue weighted by Gasteiger charge is -2.29. The predicted octanol–water partition coefficient (Wildman–Crippen LogP) is 7.72. The molecule has 0 aromatic rings. The summed E-state index contributed by atoms with van der Waals surface area (Å²) in [6.07, 6.45) is 33.5. The zero-order valence-corrected chi connectivity index (χ0v) is 22.2. The number of allylic oxidation sites excluding steroid dienone is 1. The zero-order chi connectivity index (χ0) is 24.7. The number of carboxylic acid groups (broad SMARTS) is 1. The van der Waals surface area contributed by atoms with Gasteiger partial charge in [0, 0.05) is 6.54 Å². The van der Waals surface area contributed by atoms with Crippen molar-refractivity contribution in [3.05, 3.63) is 24.6 Å². The van der Waals surface area contributed by atoms with Crippen LogP contribution >= 0.6 is 0 Å². The number of aliphatic carboxylic acids is 1. The van der Waals surface area contributed by atoms with Crippen LogP contribution in [-0.2, 0) is 4.79 Å². The van der Waals surface area contributed by atoms with Gasteiger partial charge in [-0.1, -0.05) is 122 Å². The molecule has 34 heavy (non-hydrogen) atoms. The summed E-state index contributed by atoms with van der Waals surface area (Å²) in [5.74, 6) is 0.0617. The molecule has 1 unspecified atom stereocenters. The number of nitrogens with two attached hydrogens (primary N) is 1. The molecule has 5 heteroatoms. The van der Waals surface area contributed by atoms with E-state index in [0.717, 1.165) is 12.3 Å². The van der Waals surface area contributed by atoms with E-state index in [4.69, 9.17) is 5.73 Å². The molecule has 0 radical (unpaired) electrons. The third kappa shape index (κ3) is 14.7. The van der Waals surface area contributed by atoms with E-state index in [1.54, 1.807) is 6.20 Å². The number of quaternary nitrogens is 1. The molecule has 0 aliphatic carbocycles. The Morgan fingerprint density at radius 2 is 1.35 bits per heavy atom. The van der Waals surface area contributed by atoms with Gasteiger partial charge in [0.1, 0.15) is 12.7 Å². The van der Waals surface area contributed by atoms with Gasteiger partial charge >= 0.3 is 5.97 Å². The summed E-state index contributed by atoms with van der Waals surface area (Å²) in [7, 11) is 0. The van der Waals surface area contributed by atoms with Crippen molar-refractivity contribution in [2.45, 2.75) is 129 Å². The summed E-state index contributed by atoms with van der Waals surface area (Å²) in [5.41, 5.74) is 5.72. The van der Waals surface area contributed by atoms with E-state index in [9.17, 15) is 9.90 Å². The fourth-order valence-electron chi connectivity index (χ4n) is 4.87. The fraction of sp³-hybridized carbons (Fsp3) is 0.793. The number of hydrogen-bond acceptors (Lipinski definition) is 3. The van der Waals surface area contributed by atoms with Crippen LogP contribution in [0.3, 0.4) is 0 Å². The molecule has 5 nitrogen and oxygen atoms in total. The van der Waals surface area contributed by atoms with Gasteiger partial charge in [-0.25, -0.2) is 14.3 Å². The van der Waals surface area contributed by atoms with Crippen LogP contribution in [0.4, 0.5) is 0 Å². The Labute approximate surface area is 210 Å². The van der Waals surface area contributed by atoms with Crippen molar-refractivity contribution >= 4 is 11.8 Å². The topological polar surface area (TPSA) is 75.7 Å². The van der Waals surface area contributed by atoms with Gasteiger partial charge in [-0.05, 0) is 12.8 Å². The molecule has 1 heterocycles. The summed E-state index contributed by atoms with van der Waals surface area (Å²) in [5, 5.41) is 9.26. The zero-order valence-electron chi connectivity index (χ0n) is 22.2. The number of carboxylic acids is 1. The van der Waals surface area contributed by atoms with Crippen molar-refractivity contribution in [1.29, 1.82) is 0 Å². The highest BCUT2D eigenvalue weighted by Gasteiger charge is 2.36. The molecule has 0 spiro atoms. The second-order valence-electron chi connectivity index (χ2n) is 10.1. The van der Waals surface area contributed by atoms with Gasteiger partial charge in [0.2, 0.25) is 5.84 Å². The molecule has 0 amide bonds. The third-order valence-corrected chi connectivity index (χ3v) is 6.98. The van der Waals surface area contributed by atoms with Crippen molar-refractivity contribution in [3.63, 3.8) is 0 Å². The Morgan fingerprint density at radius 3 is 1.82 bits per heavy atom. The molecular weight excluding hydrogens is 422 g/mol. The molecular formula is C29H54N3O2+. The lowest BCUT2D eigenvalue weighted by Crippen LogP contribution is -2.52. The van der Waals surface area contributed by atoms with E-state index in [-0.39, 0.29) is 11.0 Å². The minimum absolute atomic E-state index is 0.0135. The first-order valence-electron chi connectivity index (χ1n) is 14.3. The normalized spacial score (nSPS) is 17.6. The Balaban J connectivity index is 1.92. The van der Waals surface area contributed by atoms with Crippen LogP contribution in [-0.4, -0.2) is 41.0 Å². The van der Waals surface area contributed by atoms with E-state index in [0.29, 0.717) is 19.5 Å². The third-order valence-electron chi connectivity index (χ3n) is 6.98. The van der Waals surface area contributed by atoms with Gasteiger partial charge in [-0.15, -0.1) is 0 Å². The molecule has 0 fully saturated rings. The van der Waals surface area contributed by atoms with Crippen LogP contribution in [0.15, 0.2) is 29.5 Å². The van der Waals surface area contributed by atoms with Gasteiger partial charge in [0.25, 0.3) is 0 Å². The first-order valence-corrected chi connectivity index (χ1v) is 14.3. The van der Waals surface area contributed by atoms with Gasteiger partial charge < -0.3 is 10.8 Å². The van der Waals surface area contributed by atoms with Crippen LogP contribution in [0.25, 0.3) is 0 Å². The van der Waals surface area contributed by atoms with Crippen molar-refractivity contribution in [2.75, 3.05) is 19.6 Å². The minimum atomic E-state index is -0.819. The molecule has 3 N–H and O–H groups in total. The SMILES string of the molecule is CCCCCCCCCCCCCCCCCCC/C=C/CC1=NC=C[N+]1(CCN)CC(=O)O. The van der Waals surface area contributed by atoms with Crippen LogP contribution in [0.2, 0.25) is 0 Å². The highest BCUT2D eigenvalue weighted by molar-refractivity contribution is 5.82. The van der Waals surface area contributed by atoms with Crippen LogP contribution < -0.4 is 5.73 Å². The molecule has 0 bridgehead atoms. The number of carbonyl (C=O) groups is 1. The fourth-order valence-corrected chi connectivity index (χ4v) is 4.87. The smallest absolute Gasteiger partial charge is 0.360 e. The maximum absolute atomic E-state index is 11.3. The number of rotatable bonds is 24. The van der Waals surface area contributed by atoms with Crippen molar-refractivity contribution in [3.8, 4) is 0 Å². The second-order valence-corrected chi connectivity index (χ2v) is 10.1. The van der Waals surface area contributed by atoms with Crippen molar-refractivity contribution in [1.82, 2.24) is 0 Å². The lowest BCUT2D eigenvalue weighted by molar-refractivity contribution is -0.777. The summed E-state index contributed by atoms with van der Waals surface area (Å²) >= 11 is 0. The van der Waals surface area contributed by atoms with E-state index < -0.39 is 5.97 Å². The quantitative estimate of drug-likeness (QED) is 0.0850. The first-order chi connectivity index (χ1) is 16.6. The molecule has 0 aromatic carbocycles. The maximum atomic E-state index is 11.3. The Kier molecular flexibility index (Phi) is 18.8. The Hall–Kier alpha value is -1.46. The molecule has 1 aliphatic rings. The number of hydrogen-bond donors (Lipinski definition) is 2. The average molecular weight is 477 g/mol. The highest BCUT2D eigenvalue weighted by atomic mass is 16.4. The molecule has 0 aromatic heterocycles. The summed E-state index contributed by atoms with van der Waals surface area (Å²) in [6.45, 7) is 3.32. The maximum Gasteiger partial charge on any atom is 0.360 e. The summed E-state index contributed by atoms with van der Waals surface area (Å²) in [6, 6.07) is 0. The molecule has 0 saturated heterocycles. The number of aliphatic imine (C=N–C) groups is 1. The van der Waals surface area contributed by atoms with E-state index in [1.807, 2.05) is 6.20 Å². The Bertz CT molecular complexity index is 600. The van der Waals surface area contributed by atoms with E-state index >= 15 is 0 Å². The molecule has 1 atom stereocenters. The molecule has 1 aliphatic heterocycles. The van der Waals surface area contributed by atoms with Gasteiger partial charge in [0.05, 0.1) is 12.6 Å². The molecule has 0 saturated carbocycles. The Morgan fingerprint density at radius 1 is 0.853 bits per heavy atom. The van der Waals surface area contributed by atoms with Gasteiger partial charge in [-0.3, -0.25) is 0 Å². The van der Waals surface area contributed by atoms with Crippen LogP contribution in [0.1, 0.15) is 129 Å². The number of amidine groups is 1. The second kappa shape index (κ2) is 20.9. The largest absolute Gasteiger partial charge is 0.477 e. The number of unbranched alkanes of at least 4 members (excludes halogenated alkanes) is 17. The summed E-state index contributed by atoms with van der Waals surface area (Å²) < 4.78 is 0.259. The van der Waals surface area contributed by atoms with Gasteiger partial charge in [-0.2, -0.15) is 0 Å². The standard InChI is InChI=1S/C29H53N3O2/c1-2-3-4-5-6-7-8-9-10-11-12-13-14-15-16-17-18-19-20-21-22-28-31-24-26-32(28,25-23-30)27-29(33)34/h20-21,24,26H,2-19,22-23,25,27,30H2,1H3/p+1/b21-20+. The van der Waals surface area contributed by atoms with Crippen LogP contribution in [0.5, 0.6) is 0 Å². The van der Waals surface area contributed by atoms with E-state index in [1.165, 1.54) is 109 Å². The van der Waals surface area contributed by atoms with Gasteiger partial charge in [0.15, 0.2) is 6.54 Å².